The molecule has 0 bridgehead atoms. The number of para-hydroxylation sites is 1. The van der Waals surface area contributed by atoms with Gasteiger partial charge in [0.1, 0.15) is 11.4 Å². The summed E-state index contributed by atoms with van der Waals surface area (Å²) in [7, 11) is 1.65. The lowest BCUT2D eigenvalue weighted by Crippen LogP contribution is -2.25. The number of thiophene rings is 1. The lowest BCUT2D eigenvalue weighted by Gasteiger charge is -2.19. The summed E-state index contributed by atoms with van der Waals surface area (Å²) in [4.78, 5) is 13.9. The summed E-state index contributed by atoms with van der Waals surface area (Å²) in [6.45, 7) is 1.87. The molecule has 1 aliphatic rings. The quantitative estimate of drug-likeness (QED) is 0.374. The predicted molar refractivity (Wildman–Crippen MR) is 131 cm³/mol. The largest absolute Gasteiger partial charge is 0.497 e. The summed E-state index contributed by atoms with van der Waals surface area (Å²) >= 11 is 1.65. The number of amides is 1. The number of benzene rings is 2. The average molecular weight is 457 g/mol. The van der Waals surface area contributed by atoms with Crippen molar-refractivity contribution in [3.63, 3.8) is 0 Å². The van der Waals surface area contributed by atoms with Crippen LogP contribution in [0.4, 0.5) is 0 Å². The Balaban J connectivity index is 1.61. The first kappa shape index (κ1) is 21.2. The fraction of sp³-hybridized carbons (Fsp3) is 0.192. The van der Waals surface area contributed by atoms with Crippen LogP contribution in [0.3, 0.4) is 0 Å². The molecule has 0 aliphatic carbocycles. The topological polar surface area (TPSA) is 59.7 Å². The van der Waals surface area contributed by atoms with Crippen LogP contribution in [0.2, 0.25) is 0 Å². The number of methoxy groups -OCH3 is 1. The van der Waals surface area contributed by atoms with Crippen LogP contribution < -0.4 is 4.74 Å². The van der Waals surface area contributed by atoms with Gasteiger partial charge in [0.15, 0.2) is 0 Å². The summed E-state index contributed by atoms with van der Waals surface area (Å²) in [5.74, 6) is 0.809. The Morgan fingerprint density at radius 3 is 2.55 bits per heavy atom. The maximum absolute atomic E-state index is 12.7. The number of ether oxygens (including phenoxy) is 1. The second kappa shape index (κ2) is 9.03. The summed E-state index contributed by atoms with van der Waals surface area (Å²) in [6.07, 6.45) is 3.07. The molecule has 0 N–H and O–H groups in total. The molecule has 2 aromatic heterocycles. The SMILES string of the molecule is CCC(=O)N1N=C(c2cn(-c3ccccc3)nc2-c2ccc(OC)cc2)CC1c1cccs1. The van der Waals surface area contributed by atoms with Crippen molar-refractivity contribution in [2.75, 3.05) is 7.11 Å². The Hall–Kier alpha value is -3.71. The molecule has 0 spiro atoms. The smallest absolute Gasteiger partial charge is 0.243 e. The van der Waals surface area contributed by atoms with Crippen molar-refractivity contribution in [1.29, 1.82) is 0 Å². The fourth-order valence-electron chi connectivity index (χ4n) is 4.03. The minimum Gasteiger partial charge on any atom is -0.497 e. The molecule has 4 aromatic rings. The summed E-state index contributed by atoms with van der Waals surface area (Å²) in [6, 6.07) is 21.9. The van der Waals surface area contributed by atoms with Gasteiger partial charge in [0.2, 0.25) is 5.91 Å². The van der Waals surface area contributed by atoms with E-state index in [1.165, 1.54) is 0 Å². The van der Waals surface area contributed by atoms with E-state index in [0.29, 0.717) is 12.8 Å². The highest BCUT2D eigenvalue weighted by atomic mass is 32.1. The van der Waals surface area contributed by atoms with Crippen molar-refractivity contribution in [2.24, 2.45) is 5.10 Å². The van der Waals surface area contributed by atoms with E-state index in [2.05, 4.69) is 6.07 Å². The maximum atomic E-state index is 12.7. The highest BCUT2D eigenvalue weighted by Crippen LogP contribution is 2.37. The van der Waals surface area contributed by atoms with Crippen LogP contribution in [0.5, 0.6) is 5.75 Å². The van der Waals surface area contributed by atoms with E-state index < -0.39 is 0 Å². The number of rotatable bonds is 6. The molecule has 1 unspecified atom stereocenters. The number of hydrogen-bond donors (Lipinski definition) is 0. The first-order chi connectivity index (χ1) is 16.2. The lowest BCUT2D eigenvalue weighted by molar-refractivity contribution is -0.132. The molecule has 1 atom stereocenters. The monoisotopic (exact) mass is 456 g/mol. The molecule has 2 aromatic carbocycles. The van der Waals surface area contributed by atoms with Crippen molar-refractivity contribution < 1.29 is 9.53 Å². The number of nitrogens with zero attached hydrogens (tertiary/aromatic N) is 4. The van der Waals surface area contributed by atoms with Gasteiger partial charge in [-0.25, -0.2) is 9.69 Å². The highest BCUT2D eigenvalue weighted by molar-refractivity contribution is 7.10. The van der Waals surface area contributed by atoms with E-state index in [1.807, 2.05) is 83.8 Å². The van der Waals surface area contributed by atoms with Crippen LogP contribution in [-0.4, -0.2) is 33.5 Å². The van der Waals surface area contributed by atoms with Crippen LogP contribution in [0, 0.1) is 0 Å². The molecule has 1 amide bonds. The van der Waals surface area contributed by atoms with Gasteiger partial charge in [-0.3, -0.25) is 4.79 Å². The van der Waals surface area contributed by atoms with Crippen LogP contribution >= 0.6 is 11.3 Å². The number of carbonyl (C=O) groups excluding carboxylic acids is 1. The van der Waals surface area contributed by atoms with Gasteiger partial charge >= 0.3 is 0 Å². The van der Waals surface area contributed by atoms with Crippen molar-refractivity contribution >= 4 is 23.0 Å². The van der Waals surface area contributed by atoms with Crippen LogP contribution in [0.25, 0.3) is 16.9 Å². The second-order valence-electron chi connectivity index (χ2n) is 7.77. The minimum atomic E-state index is -0.0868. The molecule has 166 valence electrons. The van der Waals surface area contributed by atoms with Gasteiger partial charge in [0.05, 0.1) is 24.6 Å². The van der Waals surface area contributed by atoms with Crippen molar-refractivity contribution in [1.82, 2.24) is 14.8 Å². The third-order valence-electron chi connectivity index (χ3n) is 5.75. The molecular formula is C26H24N4O2S. The van der Waals surface area contributed by atoms with Crippen LogP contribution in [-0.2, 0) is 4.79 Å². The van der Waals surface area contributed by atoms with E-state index in [9.17, 15) is 4.79 Å². The van der Waals surface area contributed by atoms with Gasteiger partial charge in [-0.15, -0.1) is 11.3 Å². The van der Waals surface area contributed by atoms with Gasteiger partial charge in [-0.05, 0) is 47.8 Å². The standard InChI is InChI=1S/C26H24N4O2S/c1-3-25(31)30-23(24-10-7-15-33-24)16-22(27-30)21-17-29(19-8-5-4-6-9-19)28-26(21)18-11-13-20(32-2)14-12-18/h4-15,17,23H,3,16H2,1-2H3. The molecule has 5 rings (SSSR count). The van der Waals surface area contributed by atoms with E-state index >= 15 is 0 Å². The molecule has 0 radical (unpaired) electrons. The lowest BCUT2D eigenvalue weighted by atomic mass is 10.00. The first-order valence-electron chi connectivity index (χ1n) is 10.9. The van der Waals surface area contributed by atoms with Gasteiger partial charge in [-0.2, -0.15) is 10.2 Å². The zero-order chi connectivity index (χ0) is 22.8. The van der Waals surface area contributed by atoms with Crippen LogP contribution in [0.15, 0.2) is 83.4 Å². The predicted octanol–water partition coefficient (Wildman–Crippen LogP) is 5.70. The van der Waals surface area contributed by atoms with Crippen molar-refractivity contribution in [3.05, 3.63) is 88.7 Å². The molecule has 0 saturated heterocycles. The van der Waals surface area contributed by atoms with Crippen LogP contribution in [0.1, 0.15) is 36.2 Å². The second-order valence-corrected chi connectivity index (χ2v) is 8.75. The number of aromatic nitrogens is 2. The Morgan fingerprint density at radius 2 is 1.88 bits per heavy atom. The molecule has 33 heavy (non-hydrogen) atoms. The van der Waals surface area contributed by atoms with Gasteiger partial charge in [-0.1, -0.05) is 31.2 Å². The summed E-state index contributed by atoms with van der Waals surface area (Å²) in [5, 5.41) is 13.4. The molecule has 0 fully saturated rings. The third-order valence-corrected chi connectivity index (χ3v) is 6.72. The molecule has 0 saturated carbocycles. The molecule has 3 heterocycles. The maximum Gasteiger partial charge on any atom is 0.243 e. The van der Waals surface area contributed by atoms with E-state index in [0.717, 1.165) is 38.8 Å². The Kier molecular flexibility index (Phi) is 5.79. The Bertz CT molecular complexity index is 1280. The van der Waals surface area contributed by atoms with Crippen molar-refractivity contribution in [3.8, 4) is 22.7 Å². The fourth-order valence-corrected chi connectivity index (χ4v) is 4.84. The Labute approximate surface area is 196 Å². The van der Waals surface area contributed by atoms with Gasteiger partial charge in [0, 0.05) is 35.0 Å². The summed E-state index contributed by atoms with van der Waals surface area (Å²) in [5.41, 5.74) is 4.56. The van der Waals surface area contributed by atoms with Gasteiger partial charge in [0.25, 0.3) is 0 Å². The number of carbonyl (C=O) groups is 1. The summed E-state index contributed by atoms with van der Waals surface area (Å²) < 4.78 is 7.20. The number of hydrogen-bond acceptors (Lipinski definition) is 5. The third kappa shape index (κ3) is 4.07. The minimum absolute atomic E-state index is 0.0184. The van der Waals surface area contributed by atoms with E-state index in [1.54, 1.807) is 23.5 Å². The van der Waals surface area contributed by atoms with E-state index in [-0.39, 0.29) is 11.9 Å². The normalized spacial score (nSPS) is 15.5. The Morgan fingerprint density at radius 1 is 1.09 bits per heavy atom. The molecular weight excluding hydrogens is 432 g/mol. The van der Waals surface area contributed by atoms with Gasteiger partial charge < -0.3 is 4.74 Å². The number of hydrazone groups is 1. The van der Waals surface area contributed by atoms with E-state index in [4.69, 9.17) is 14.9 Å². The molecule has 7 heteroatoms. The average Bonchev–Trinajstić information content (AvgIpc) is 3.63. The zero-order valence-corrected chi connectivity index (χ0v) is 19.3. The zero-order valence-electron chi connectivity index (χ0n) is 18.5. The first-order valence-corrected chi connectivity index (χ1v) is 11.8. The molecule has 6 nitrogen and oxygen atoms in total. The van der Waals surface area contributed by atoms with Crippen molar-refractivity contribution in [2.45, 2.75) is 25.8 Å². The highest BCUT2D eigenvalue weighted by Gasteiger charge is 2.34. The molecule has 1 aliphatic heterocycles.